The van der Waals surface area contributed by atoms with E-state index in [4.69, 9.17) is 10.3 Å². The molecule has 0 radical (unpaired) electrons. The van der Waals surface area contributed by atoms with Crippen molar-refractivity contribution >= 4 is 5.91 Å². The largest absolute Gasteiger partial charge is 0.342 e. The lowest BCUT2D eigenvalue weighted by Gasteiger charge is -2.31. The first kappa shape index (κ1) is 13.0. The number of carbonyl (C=O) groups excluding carboxylic acids is 1. The van der Waals surface area contributed by atoms with Crippen LogP contribution >= 0.6 is 0 Å². The van der Waals surface area contributed by atoms with E-state index in [0.717, 1.165) is 19.4 Å². The smallest absolute Gasteiger partial charge is 0.231 e. The highest BCUT2D eigenvalue weighted by molar-refractivity contribution is 5.76. The second-order valence-electron chi connectivity index (χ2n) is 5.04. The zero-order chi connectivity index (χ0) is 13.1. The third kappa shape index (κ3) is 3.07. The van der Waals surface area contributed by atoms with Gasteiger partial charge in [-0.1, -0.05) is 5.16 Å². The van der Waals surface area contributed by atoms with E-state index in [1.165, 1.54) is 0 Å². The fourth-order valence-electron chi connectivity index (χ4n) is 2.29. The molecule has 18 heavy (non-hydrogen) atoms. The van der Waals surface area contributed by atoms with Gasteiger partial charge in [-0.3, -0.25) is 4.79 Å². The fourth-order valence-corrected chi connectivity index (χ4v) is 2.29. The Morgan fingerprint density at radius 3 is 3.06 bits per heavy atom. The molecule has 2 heterocycles. The van der Waals surface area contributed by atoms with E-state index >= 15 is 0 Å². The minimum absolute atomic E-state index is 0.0940. The minimum atomic E-state index is -0.0940. The number of rotatable bonds is 3. The lowest BCUT2D eigenvalue weighted by molar-refractivity contribution is -0.132. The summed E-state index contributed by atoms with van der Waals surface area (Å²) in [4.78, 5) is 18.1. The van der Waals surface area contributed by atoms with Crippen LogP contribution in [0.15, 0.2) is 4.52 Å². The number of piperidine rings is 1. The topological polar surface area (TPSA) is 85.2 Å². The Balaban J connectivity index is 1.98. The molecule has 100 valence electrons. The van der Waals surface area contributed by atoms with Crippen molar-refractivity contribution in [1.29, 1.82) is 0 Å². The molecule has 1 aliphatic rings. The van der Waals surface area contributed by atoms with Crippen LogP contribution in [0.25, 0.3) is 0 Å². The maximum Gasteiger partial charge on any atom is 0.231 e. The fraction of sp³-hybridized carbons (Fsp3) is 0.750. The van der Waals surface area contributed by atoms with Gasteiger partial charge in [0.05, 0.1) is 5.92 Å². The average Bonchev–Trinajstić information content (AvgIpc) is 2.75. The van der Waals surface area contributed by atoms with Crippen LogP contribution in [0.1, 0.15) is 43.8 Å². The molecular weight excluding hydrogens is 232 g/mol. The molecule has 2 unspecified atom stereocenters. The van der Waals surface area contributed by atoms with E-state index in [2.05, 4.69) is 10.1 Å². The van der Waals surface area contributed by atoms with Gasteiger partial charge in [0.15, 0.2) is 5.82 Å². The minimum Gasteiger partial charge on any atom is -0.342 e. The van der Waals surface area contributed by atoms with Crippen LogP contribution < -0.4 is 5.73 Å². The van der Waals surface area contributed by atoms with Gasteiger partial charge in [-0.2, -0.15) is 4.98 Å². The van der Waals surface area contributed by atoms with E-state index < -0.39 is 0 Å². The number of nitrogens with zero attached hydrogens (tertiary/aromatic N) is 3. The molecule has 1 aromatic rings. The van der Waals surface area contributed by atoms with E-state index in [1.807, 2.05) is 11.8 Å². The first-order valence-corrected chi connectivity index (χ1v) is 6.40. The summed E-state index contributed by atoms with van der Waals surface area (Å²) >= 11 is 0. The Morgan fingerprint density at radius 2 is 2.44 bits per heavy atom. The summed E-state index contributed by atoms with van der Waals surface area (Å²) < 4.78 is 5.19. The van der Waals surface area contributed by atoms with Crippen molar-refractivity contribution in [1.82, 2.24) is 15.0 Å². The lowest BCUT2D eigenvalue weighted by atomic mass is 9.97. The molecule has 1 fully saturated rings. The summed E-state index contributed by atoms with van der Waals surface area (Å²) in [6.45, 7) is 5.11. The maximum atomic E-state index is 12.0. The van der Waals surface area contributed by atoms with Crippen LogP contribution in [0.4, 0.5) is 0 Å². The maximum absolute atomic E-state index is 12.0. The van der Waals surface area contributed by atoms with Crippen LogP contribution in [-0.4, -0.2) is 40.1 Å². The van der Waals surface area contributed by atoms with Crippen molar-refractivity contribution < 1.29 is 9.32 Å². The number of carbonyl (C=O) groups is 1. The monoisotopic (exact) mass is 252 g/mol. The van der Waals surface area contributed by atoms with Gasteiger partial charge in [0.2, 0.25) is 11.8 Å². The van der Waals surface area contributed by atoms with E-state index in [-0.39, 0.29) is 17.9 Å². The van der Waals surface area contributed by atoms with Gasteiger partial charge < -0.3 is 15.2 Å². The number of hydrogen-bond acceptors (Lipinski definition) is 5. The summed E-state index contributed by atoms with van der Waals surface area (Å²) in [5.41, 5.74) is 5.66. The van der Waals surface area contributed by atoms with Gasteiger partial charge in [0.25, 0.3) is 0 Å². The van der Waals surface area contributed by atoms with Gasteiger partial charge in [0.1, 0.15) is 0 Å². The van der Waals surface area contributed by atoms with Gasteiger partial charge in [-0.25, -0.2) is 0 Å². The molecule has 6 heteroatoms. The lowest BCUT2D eigenvalue weighted by Crippen LogP contribution is -2.41. The standard InChI is InChI=1S/C12H20N4O2/c1-8(13)6-11(17)16-5-3-4-10(7-16)12-14-9(2)15-18-12/h8,10H,3-7,13H2,1-2H3. The highest BCUT2D eigenvalue weighted by atomic mass is 16.5. The van der Waals surface area contributed by atoms with Crippen molar-refractivity contribution in [3.8, 4) is 0 Å². The predicted molar refractivity (Wildman–Crippen MR) is 65.9 cm³/mol. The molecule has 1 aliphatic heterocycles. The van der Waals surface area contributed by atoms with E-state index in [9.17, 15) is 4.79 Å². The Labute approximate surface area is 107 Å². The van der Waals surface area contributed by atoms with Crippen molar-refractivity contribution in [2.24, 2.45) is 5.73 Å². The van der Waals surface area contributed by atoms with Crippen LogP contribution in [0.5, 0.6) is 0 Å². The second kappa shape index (κ2) is 5.48. The number of hydrogen-bond donors (Lipinski definition) is 1. The Morgan fingerprint density at radius 1 is 1.67 bits per heavy atom. The number of aryl methyl sites for hydroxylation is 1. The zero-order valence-electron chi connectivity index (χ0n) is 10.9. The summed E-state index contributed by atoms with van der Waals surface area (Å²) in [5.74, 6) is 1.57. The van der Waals surface area contributed by atoms with Crippen LogP contribution in [-0.2, 0) is 4.79 Å². The molecule has 0 aromatic carbocycles. The predicted octanol–water partition coefficient (Wildman–Crippen LogP) is 0.821. The Kier molecular flexibility index (Phi) is 3.96. The molecule has 0 aliphatic carbocycles. The third-order valence-corrected chi connectivity index (χ3v) is 3.16. The Hall–Kier alpha value is -1.43. The van der Waals surface area contributed by atoms with Crippen LogP contribution in [0, 0.1) is 6.92 Å². The molecular formula is C12H20N4O2. The summed E-state index contributed by atoms with van der Waals surface area (Å²) in [5, 5.41) is 3.80. The first-order chi connectivity index (χ1) is 8.56. The van der Waals surface area contributed by atoms with Gasteiger partial charge in [-0.15, -0.1) is 0 Å². The SMILES string of the molecule is Cc1noc(C2CCCN(C(=O)CC(C)N)C2)n1. The quantitative estimate of drug-likeness (QED) is 0.860. The van der Waals surface area contributed by atoms with Gasteiger partial charge in [-0.05, 0) is 26.7 Å². The second-order valence-corrected chi connectivity index (χ2v) is 5.04. The Bertz CT molecular complexity index is 416. The molecule has 2 atom stereocenters. The number of aromatic nitrogens is 2. The molecule has 6 nitrogen and oxygen atoms in total. The third-order valence-electron chi connectivity index (χ3n) is 3.16. The molecule has 0 bridgehead atoms. The van der Waals surface area contributed by atoms with Crippen LogP contribution in [0.3, 0.4) is 0 Å². The molecule has 1 aromatic heterocycles. The molecule has 0 saturated carbocycles. The summed E-state index contributed by atoms with van der Waals surface area (Å²) in [6, 6.07) is -0.0940. The molecule has 1 saturated heterocycles. The number of amides is 1. The number of likely N-dealkylation sites (tertiary alicyclic amines) is 1. The van der Waals surface area contributed by atoms with Gasteiger partial charge >= 0.3 is 0 Å². The average molecular weight is 252 g/mol. The van der Waals surface area contributed by atoms with Crippen molar-refractivity contribution in [2.45, 2.75) is 45.1 Å². The highest BCUT2D eigenvalue weighted by Crippen LogP contribution is 2.25. The van der Waals surface area contributed by atoms with Crippen molar-refractivity contribution in [3.05, 3.63) is 11.7 Å². The molecule has 1 amide bonds. The van der Waals surface area contributed by atoms with Crippen molar-refractivity contribution in [2.75, 3.05) is 13.1 Å². The summed E-state index contributed by atoms with van der Waals surface area (Å²) in [6.07, 6.45) is 2.36. The normalized spacial score (nSPS) is 21.9. The van der Waals surface area contributed by atoms with Crippen molar-refractivity contribution in [3.63, 3.8) is 0 Å². The highest BCUT2D eigenvalue weighted by Gasteiger charge is 2.28. The van der Waals surface area contributed by atoms with Crippen LogP contribution in [0.2, 0.25) is 0 Å². The molecule has 2 rings (SSSR count). The van der Waals surface area contributed by atoms with E-state index in [0.29, 0.717) is 24.7 Å². The van der Waals surface area contributed by atoms with Gasteiger partial charge in [0, 0.05) is 25.6 Å². The number of nitrogens with two attached hydrogens (primary N) is 1. The molecule has 2 N–H and O–H groups in total. The van der Waals surface area contributed by atoms with E-state index in [1.54, 1.807) is 6.92 Å². The zero-order valence-corrected chi connectivity index (χ0v) is 10.9. The summed E-state index contributed by atoms with van der Waals surface area (Å²) in [7, 11) is 0. The first-order valence-electron chi connectivity index (χ1n) is 6.40. The molecule has 0 spiro atoms.